The summed E-state index contributed by atoms with van der Waals surface area (Å²) in [5.74, 6) is -0.0724. The van der Waals surface area contributed by atoms with E-state index in [-0.39, 0.29) is 12.4 Å². The highest BCUT2D eigenvalue weighted by molar-refractivity contribution is 6.34. The number of aryl methyl sites for hydroxylation is 1. The minimum absolute atomic E-state index is 0.0724. The summed E-state index contributed by atoms with van der Waals surface area (Å²) in [5, 5.41) is 0.495. The van der Waals surface area contributed by atoms with Crippen molar-refractivity contribution < 1.29 is 9.53 Å². The maximum atomic E-state index is 11.5. The summed E-state index contributed by atoms with van der Waals surface area (Å²) in [6.07, 6.45) is 0. The van der Waals surface area contributed by atoms with Crippen molar-refractivity contribution in [3.63, 3.8) is 0 Å². The summed E-state index contributed by atoms with van der Waals surface area (Å²) in [4.78, 5) is 11.5. The molecule has 14 heavy (non-hydrogen) atoms. The molecule has 0 aromatic heterocycles. The molecule has 0 N–H and O–H groups in total. The SMILES string of the molecule is CCOCC(=O)c1ccc(C)cc1Cl. The van der Waals surface area contributed by atoms with Crippen LogP contribution in [0.4, 0.5) is 0 Å². The molecular weight excluding hydrogens is 200 g/mol. The molecule has 0 saturated heterocycles. The van der Waals surface area contributed by atoms with Gasteiger partial charge in [0.2, 0.25) is 0 Å². The lowest BCUT2D eigenvalue weighted by Gasteiger charge is -2.04. The lowest BCUT2D eigenvalue weighted by molar-refractivity contribution is 0.0783. The zero-order valence-electron chi connectivity index (χ0n) is 8.34. The van der Waals surface area contributed by atoms with Crippen LogP contribution in [0.3, 0.4) is 0 Å². The highest BCUT2D eigenvalue weighted by Crippen LogP contribution is 2.18. The molecule has 1 aromatic carbocycles. The number of Topliss-reactive ketones (excluding diaryl/α,β-unsaturated/α-hetero) is 1. The normalized spacial score (nSPS) is 10.2. The first-order valence-corrected chi connectivity index (χ1v) is 4.90. The Kier molecular flexibility index (Phi) is 4.11. The number of hydrogen-bond acceptors (Lipinski definition) is 2. The average Bonchev–Trinajstić information content (AvgIpc) is 2.14. The number of carbonyl (C=O) groups excluding carboxylic acids is 1. The molecule has 0 bridgehead atoms. The van der Waals surface area contributed by atoms with E-state index in [9.17, 15) is 4.79 Å². The van der Waals surface area contributed by atoms with E-state index in [4.69, 9.17) is 16.3 Å². The molecule has 0 aliphatic heterocycles. The van der Waals surface area contributed by atoms with Gasteiger partial charge >= 0.3 is 0 Å². The van der Waals surface area contributed by atoms with Gasteiger partial charge in [-0.2, -0.15) is 0 Å². The number of rotatable bonds is 4. The maximum absolute atomic E-state index is 11.5. The van der Waals surface area contributed by atoms with Crippen LogP contribution in [0.2, 0.25) is 5.02 Å². The van der Waals surface area contributed by atoms with Gasteiger partial charge in [-0.1, -0.05) is 17.7 Å². The first-order chi connectivity index (χ1) is 6.65. The second-order valence-electron chi connectivity index (χ2n) is 3.04. The van der Waals surface area contributed by atoms with Crippen molar-refractivity contribution in [1.29, 1.82) is 0 Å². The fourth-order valence-electron chi connectivity index (χ4n) is 1.12. The first-order valence-electron chi connectivity index (χ1n) is 4.52. The van der Waals surface area contributed by atoms with E-state index in [0.717, 1.165) is 5.56 Å². The van der Waals surface area contributed by atoms with Crippen LogP contribution in [-0.4, -0.2) is 19.0 Å². The van der Waals surface area contributed by atoms with Crippen LogP contribution in [0.5, 0.6) is 0 Å². The highest BCUT2D eigenvalue weighted by atomic mass is 35.5. The van der Waals surface area contributed by atoms with Crippen molar-refractivity contribution in [3.8, 4) is 0 Å². The highest BCUT2D eigenvalue weighted by Gasteiger charge is 2.09. The Hall–Kier alpha value is -0.860. The van der Waals surface area contributed by atoms with E-state index < -0.39 is 0 Å². The quantitative estimate of drug-likeness (QED) is 0.718. The maximum Gasteiger partial charge on any atom is 0.189 e. The number of ketones is 1. The molecule has 0 saturated carbocycles. The molecule has 3 heteroatoms. The van der Waals surface area contributed by atoms with Crippen LogP contribution >= 0.6 is 11.6 Å². The number of hydrogen-bond donors (Lipinski definition) is 0. The van der Waals surface area contributed by atoms with E-state index in [1.165, 1.54) is 0 Å². The third-order valence-electron chi connectivity index (χ3n) is 1.86. The smallest absolute Gasteiger partial charge is 0.189 e. The first kappa shape index (κ1) is 11.2. The molecule has 1 aromatic rings. The van der Waals surface area contributed by atoms with Crippen molar-refractivity contribution in [2.24, 2.45) is 0 Å². The molecule has 0 amide bonds. The van der Waals surface area contributed by atoms with Crippen LogP contribution in [0.1, 0.15) is 22.8 Å². The number of benzene rings is 1. The van der Waals surface area contributed by atoms with Gasteiger partial charge in [0, 0.05) is 12.2 Å². The van der Waals surface area contributed by atoms with E-state index in [1.807, 2.05) is 19.9 Å². The molecule has 0 atom stereocenters. The predicted molar refractivity (Wildman–Crippen MR) is 57.0 cm³/mol. The number of halogens is 1. The summed E-state index contributed by atoms with van der Waals surface area (Å²) in [6, 6.07) is 5.38. The molecule has 0 fully saturated rings. The topological polar surface area (TPSA) is 26.3 Å². The van der Waals surface area contributed by atoms with Gasteiger partial charge in [-0.25, -0.2) is 0 Å². The molecule has 0 spiro atoms. The van der Waals surface area contributed by atoms with E-state index in [0.29, 0.717) is 17.2 Å². The fraction of sp³-hybridized carbons (Fsp3) is 0.364. The van der Waals surface area contributed by atoms with Gasteiger partial charge in [0.05, 0.1) is 5.02 Å². The molecule has 0 radical (unpaired) electrons. The molecule has 0 heterocycles. The molecule has 1 rings (SSSR count). The third kappa shape index (κ3) is 2.82. The fourth-order valence-corrected chi connectivity index (χ4v) is 1.46. The molecule has 0 aliphatic carbocycles. The number of carbonyl (C=O) groups is 1. The summed E-state index contributed by atoms with van der Waals surface area (Å²) in [5.41, 5.74) is 1.58. The summed E-state index contributed by atoms with van der Waals surface area (Å²) >= 11 is 5.93. The van der Waals surface area contributed by atoms with Gasteiger partial charge in [-0.05, 0) is 31.5 Å². The Morgan fingerprint density at radius 2 is 2.21 bits per heavy atom. The predicted octanol–water partition coefficient (Wildman–Crippen LogP) is 2.87. The summed E-state index contributed by atoms with van der Waals surface area (Å²) < 4.78 is 5.03. The van der Waals surface area contributed by atoms with Crippen molar-refractivity contribution >= 4 is 17.4 Å². The van der Waals surface area contributed by atoms with Crippen LogP contribution in [-0.2, 0) is 4.74 Å². The second kappa shape index (κ2) is 5.13. The van der Waals surface area contributed by atoms with Gasteiger partial charge in [0.15, 0.2) is 5.78 Å². The van der Waals surface area contributed by atoms with Crippen molar-refractivity contribution in [1.82, 2.24) is 0 Å². The monoisotopic (exact) mass is 212 g/mol. The lowest BCUT2D eigenvalue weighted by atomic mass is 10.1. The largest absolute Gasteiger partial charge is 0.374 e. The van der Waals surface area contributed by atoms with Gasteiger partial charge in [-0.3, -0.25) is 4.79 Å². The van der Waals surface area contributed by atoms with Crippen LogP contribution in [0, 0.1) is 6.92 Å². The van der Waals surface area contributed by atoms with Crippen LogP contribution < -0.4 is 0 Å². The van der Waals surface area contributed by atoms with Gasteiger partial charge < -0.3 is 4.74 Å². The lowest BCUT2D eigenvalue weighted by Crippen LogP contribution is -2.09. The molecular formula is C11H13ClO2. The summed E-state index contributed by atoms with van der Waals surface area (Å²) in [7, 11) is 0. The molecule has 76 valence electrons. The minimum Gasteiger partial charge on any atom is -0.374 e. The molecule has 0 aliphatic rings. The Bertz CT molecular complexity index is 334. The standard InChI is InChI=1S/C11H13ClO2/c1-3-14-7-11(13)9-5-4-8(2)6-10(9)12/h4-6H,3,7H2,1-2H3. The van der Waals surface area contributed by atoms with Gasteiger partial charge in [0.25, 0.3) is 0 Å². The second-order valence-corrected chi connectivity index (χ2v) is 3.45. The van der Waals surface area contributed by atoms with Crippen molar-refractivity contribution in [3.05, 3.63) is 34.3 Å². The Labute approximate surface area is 88.8 Å². The van der Waals surface area contributed by atoms with Crippen molar-refractivity contribution in [2.45, 2.75) is 13.8 Å². The third-order valence-corrected chi connectivity index (χ3v) is 2.17. The van der Waals surface area contributed by atoms with E-state index >= 15 is 0 Å². The number of ether oxygens (including phenoxy) is 1. The Balaban J connectivity index is 2.80. The zero-order valence-corrected chi connectivity index (χ0v) is 9.10. The van der Waals surface area contributed by atoms with Gasteiger partial charge in [0.1, 0.15) is 6.61 Å². The zero-order chi connectivity index (χ0) is 10.6. The van der Waals surface area contributed by atoms with Crippen molar-refractivity contribution in [2.75, 3.05) is 13.2 Å². The van der Waals surface area contributed by atoms with E-state index in [1.54, 1.807) is 12.1 Å². The van der Waals surface area contributed by atoms with E-state index in [2.05, 4.69) is 0 Å². The molecule has 0 unspecified atom stereocenters. The Morgan fingerprint density at radius 1 is 1.50 bits per heavy atom. The molecule has 2 nitrogen and oxygen atoms in total. The van der Waals surface area contributed by atoms with Gasteiger partial charge in [-0.15, -0.1) is 0 Å². The summed E-state index contributed by atoms with van der Waals surface area (Å²) in [6.45, 7) is 4.42. The average molecular weight is 213 g/mol. The Morgan fingerprint density at radius 3 is 2.79 bits per heavy atom. The van der Waals surface area contributed by atoms with Crippen LogP contribution in [0.25, 0.3) is 0 Å². The minimum atomic E-state index is -0.0724. The van der Waals surface area contributed by atoms with Crippen LogP contribution in [0.15, 0.2) is 18.2 Å².